The minimum Gasteiger partial charge on any atom is -0.465 e. The number of hydrogen-bond acceptors (Lipinski definition) is 6. The van der Waals surface area contributed by atoms with Gasteiger partial charge in [-0.15, -0.1) is 0 Å². The number of aliphatic hydroxyl groups is 2. The van der Waals surface area contributed by atoms with E-state index in [1.54, 1.807) is 0 Å². The molecule has 9 nitrogen and oxygen atoms in total. The van der Waals surface area contributed by atoms with Gasteiger partial charge in [-0.25, -0.2) is 9.59 Å². The van der Waals surface area contributed by atoms with E-state index in [2.05, 4.69) is 21.9 Å². The Kier molecular flexibility index (Phi) is 6.40. The first kappa shape index (κ1) is 17.2. The fourth-order valence-electron chi connectivity index (χ4n) is 1.80. The molecular weight excluding hydrogens is 282 g/mol. The molecule has 1 fully saturated rings. The number of hydrogen-bond donors (Lipinski definition) is 5. The Morgan fingerprint density at radius 1 is 1.52 bits per heavy atom. The van der Waals surface area contributed by atoms with Crippen LogP contribution in [0, 0.1) is 0 Å². The van der Waals surface area contributed by atoms with Crippen molar-refractivity contribution in [3.63, 3.8) is 0 Å². The molecule has 1 heterocycles. The fraction of sp³-hybridized carbons (Fsp3) is 0.667. The van der Waals surface area contributed by atoms with Crippen LogP contribution < -0.4 is 10.6 Å². The Hall–Kier alpha value is -1.84. The monoisotopic (exact) mass is 303 g/mol. The lowest BCUT2D eigenvalue weighted by Crippen LogP contribution is -2.65. The maximum Gasteiger partial charge on any atom is 0.407 e. The third kappa shape index (κ3) is 5.98. The zero-order valence-corrected chi connectivity index (χ0v) is 11.6. The number of β-amino-alcohol motifs (C(OH)–C–C–N with tert-alkyl or cyclic N) is 1. The van der Waals surface area contributed by atoms with Crippen molar-refractivity contribution in [1.82, 2.24) is 15.5 Å². The predicted molar refractivity (Wildman–Crippen MR) is 73.0 cm³/mol. The summed E-state index contributed by atoms with van der Waals surface area (Å²) in [6.07, 6.45) is -1.68. The lowest BCUT2D eigenvalue weighted by atomic mass is 9.96. The molecule has 1 atom stereocenters. The van der Waals surface area contributed by atoms with Crippen LogP contribution in [0.15, 0.2) is 12.7 Å². The van der Waals surface area contributed by atoms with Crippen LogP contribution in [0.3, 0.4) is 0 Å². The number of alkyl carbamates (subject to hydrolysis) is 1. The van der Waals surface area contributed by atoms with Crippen LogP contribution in [0.25, 0.3) is 0 Å². The van der Waals surface area contributed by atoms with Crippen LogP contribution in [0.5, 0.6) is 0 Å². The zero-order valence-electron chi connectivity index (χ0n) is 11.6. The van der Waals surface area contributed by atoms with Gasteiger partial charge in [0.1, 0.15) is 12.2 Å². The molecule has 0 saturated carbocycles. The van der Waals surface area contributed by atoms with E-state index in [1.807, 2.05) is 0 Å². The first-order valence-corrected chi connectivity index (χ1v) is 6.47. The van der Waals surface area contributed by atoms with Crippen molar-refractivity contribution in [2.24, 2.45) is 0 Å². The highest BCUT2D eigenvalue weighted by Crippen LogP contribution is 2.13. The number of ether oxygens (including phenoxy) is 1. The van der Waals surface area contributed by atoms with Gasteiger partial charge in [-0.05, 0) is 0 Å². The average molecular weight is 303 g/mol. The average Bonchev–Trinajstić information content (AvgIpc) is 2.40. The number of nitrogens with zero attached hydrogens (tertiary/aromatic N) is 1. The van der Waals surface area contributed by atoms with Crippen molar-refractivity contribution in [3.8, 4) is 0 Å². The van der Waals surface area contributed by atoms with Crippen molar-refractivity contribution >= 4 is 12.2 Å². The van der Waals surface area contributed by atoms with E-state index in [9.17, 15) is 19.8 Å². The molecule has 0 aromatic rings. The van der Waals surface area contributed by atoms with Crippen LogP contribution in [-0.2, 0) is 4.74 Å². The second-order valence-corrected chi connectivity index (χ2v) is 4.91. The van der Waals surface area contributed by atoms with Gasteiger partial charge in [-0.1, -0.05) is 12.7 Å². The number of amides is 2. The molecule has 1 saturated heterocycles. The summed E-state index contributed by atoms with van der Waals surface area (Å²) in [6.45, 7) is 3.55. The van der Waals surface area contributed by atoms with Gasteiger partial charge in [0.05, 0.1) is 19.2 Å². The summed E-state index contributed by atoms with van der Waals surface area (Å²) in [6, 6.07) is 0. The van der Waals surface area contributed by atoms with Gasteiger partial charge < -0.3 is 35.6 Å². The van der Waals surface area contributed by atoms with E-state index >= 15 is 0 Å². The SMILES string of the molecule is C=CCOC(=O)NC[C@H](O)CN(CC1(O)CNC1)C(=O)O. The highest BCUT2D eigenvalue weighted by atomic mass is 16.5. The second kappa shape index (κ2) is 7.81. The van der Waals surface area contributed by atoms with Crippen LogP contribution in [0.1, 0.15) is 0 Å². The molecule has 5 N–H and O–H groups in total. The molecular formula is C12H21N3O6. The van der Waals surface area contributed by atoms with Gasteiger partial charge in [0, 0.05) is 19.6 Å². The Morgan fingerprint density at radius 2 is 2.19 bits per heavy atom. The first-order valence-electron chi connectivity index (χ1n) is 6.47. The molecule has 0 aromatic carbocycles. The van der Waals surface area contributed by atoms with E-state index in [4.69, 9.17) is 5.11 Å². The smallest absolute Gasteiger partial charge is 0.407 e. The van der Waals surface area contributed by atoms with Gasteiger partial charge in [-0.3, -0.25) is 0 Å². The molecule has 1 rings (SSSR count). The van der Waals surface area contributed by atoms with E-state index in [0.29, 0.717) is 13.1 Å². The molecule has 0 aromatic heterocycles. The Balaban J connectivity index is 2.34. The summed E-state index contributed by atoms with van der Waals surface area (Å²) >= 11 is 0. The van der Waals surface area contributed by atoms with Gasteiger partial charge in [-0.2, -0.15) is 0 Å². The molecule has 9 heteroatoms. The molecule has 2 amide bonds. The lowest BCUT2D eigenvalue weighted by Gasteiger charge is -2.40. The quantitative estimate of drug-likeness (QED) is 0.347. The highest BCUT2D eigenvalue weighted by Gasteiger charge is 2.37. The van der Waals surface area contributed by atoms with Crippen LogP contribution in [0.2, 0.25) is 0 Å². The third-order valence-electron chi connectivity index (χ3n) is 2.91. The molecule has 0 bridgehead atoms. The molecule has 21 heavy (non-hydrogen) atoms. The second-order valence-electron chi connectivity index (χ2n) is 4.91. The normalized spacial score (nSPS) is 17.2. The van der Waals surface area contributed by atoms with Crippen LogP contribution >= 0.6 is 0 Å². The van der Waals surface area contributed by atoms with Crippen LogP contribution in [-0.4, -0.2) is 83.4 Å². The number of carbonyl (C=O) groups excluding carboxylic acids is 1. The Bertz CT molecular complexity index is 385. The molecule has 0 spiro atoms. The maximum absolute atomic E-state index is 11.1. The Labute approximate surface area is 122 Å². The van der Waals surface area contributed by atoms with Crippen molar-refractivity contribution in [3.05, 3.63) is 12.7 Å². The summed E-state index contributed by atoms with van der Waals surface area (Å²) in [7, 11) is 0. The van der Waals surface area contributed by atoms with Gasteiger partial charge >= 0.3 is 12.2 Å². The lowest BCUT2D eigenvalue weighted by molar-refractivity contribution is -0.0400. The minimum atomic E-state index is -1.25. The van der Waals surface area contributed by atoms with Gasteiger partial charge in [0.2, 0.25) is 0 Å². The molecule has 1 aliphatic rings. The summed E-state index contributed by atoms with van der Waals surface area (Å²) < 4.78 is 4.64. The largest absolute Gasteiger partial charge is 0.465 e. The van der Waals surface area contributed by atoms with E-state index in [0.717, 1.165) is 4.90 Å². The summed E-state index contributed by atoms with van der Waals surface area (Å²) in [5, 5.41) is 33.8. The van der Waals surface area contributed by atoms with Crippen molar-refractivity contribution in [2.45, 2.75) is 11.7 Å². The highest BCUT2D eigenvalue weighted by molar-refractivity contribution is 5.67. The fourth-order valence-corrected chi connectivity index (χ4v) is 1.80. The number of carbonyl (C=O) groups is 2. The number of nitrogens with one attached hydrogen (secondary N) is 2. The van der Waals surface area contributed by atoms with E-state index < -0.39 is 23.9 Å². The topological polar surface area (TPSA) is 131 Å². The van der Waals surface area contributed by atoms with E-state index in [1.165, 1.54) is 6.08 Å². The first-order chi connectivity index (χ1) is 9.86. The van der Waals surface area contributed by atoms with Gasteiger partial charge in [0.15, 0.2) is 0 Å². The summed E-state index contributed by atoms with van der Waals surface area (Å²) in [4.78, 5) is 23.2. The number of carboxylic acid groups (broad SMARTS) is 1. The van der Waals surface area contributed by atoms with Crippen molar-refractivity contribution in [1.29, 1.82) is 0 Å². The third-order valence-corrected chi connectivity index (χ3v) is 2.91. The number of aliphatic hydroxyl groups excluding tert-OH is 1. The molecule has 1 aliphatic heterocycles. The number of rotatable bonds is 8. The van der Waals surface area contributed by atoms with Crippen molar-refractivity contribution in [2.75, 3.05) is 39.3 Å². The molecule has 120 valence electrons. The molecule has 0 aliphatic carbocycles. The van der Waals surface area contributed by atoms with E-state index in [-0.39, 0.29) is 26.2 Å². The van der Waals surface area contributed by atoms with Crippen LogP contribution in [0.4, 0.5) is 9.59 Å². The van der Waals surface area contributed by atoms with Crippen molar-refractivity contribution < 1.29 is 29.6 Å². The minimum absolute atomic E-state index is 0.0449. The zero-order chi connectivity index (χ0) is 15.9. The molecule has 0 radical (unpaired) electrons. The molecule has 0 unspecified atom stereocenters. The summed E-state index contributed by atoms with van der Waals surface area (Å²) in [5.41, 5.74) is -1.10. The van der Waals surface area contributed by atoms with Gasteiger partial charge in [0.25, 0.3) is 0 Å². The standard InChI is InChI=1S/C12H21N3O6/c1-2-3-21-10(17)14-4-9(16)5-15(11(18)19)8-12(20)6-13-7-12/h2,9,13,16,20H,1,3-8H2,(H,14,17)(H,18,19)/t9-/m0/s1. The Morgan fingerprint density at radius 3 is 2.67 bits per heavy atom. The summed E-state index contributed by atoms with van der Waals surface area (Å²) in [5.74, 6) is 0. The maximum atomic E-state index is 11.1. The predicted octanol–water partition coefficient (Wildman–Crippen LogP) is -1.43.